The van der Waals surface area contributed by atoms with Crippen LogP contribution < -0.4 is 0 Å². The number of fused-ring (bicyclic) bond motifs is 5. The second kappa shape index (κ2) is 4.85. The zero-order chi connectivity index (χ0) is 16.5. The number of terminal acetylenes is 1. The molecule has 0 aromatic carbocycles. The average molecular weight is 316 g/mol. The SMILES string of the molecule is C#C[C@]1(O)CC[C@H]2[C@@H]3CC=C4C[C@@H](F)CC[C@]4(C)[C@H]3CC[C@@]21C. The van der Waals surface area contributed by atoms with Crippen LogP contribution in [0.1, 0.15) is 65.2 Å². The van der Waals surface area contributed by atoms with Gasteiger partial charge in [-0.05, 0) is 68.1 Å². The predicted molar refractivity (Wildman–Crippen MR) is 90.4 cm³/mol. The van der Waals surface area contributed by atoms with Crippen LogP contribution in [0.15, 0.2) is 11.6 Å². The van der Waals surface area contributed by atoms with Crippen molar-refractivity contribution in [2.75, 3.05) is 0 Å². The molecule has 0 aromatic rings. The van der Waals surface area contributed by atoms with Gasteiger partial charge in [0, 0.05) is 11.8 Å². The Bertz CT molecular complexity index is 589. The Hall–Kier alpha value is -0.810. The molecule has 0 radical (unpaired) electrons. The molecule has 0 heterocycles. The maximum Gasteiger partial charge on any atom is 0.130 e. The second-order valence-electron chi connectivity index (χ2n) is 9.10. The molecular weight excluding hydrogens is 287 g/mol. The molecule has 7 atom stereocenters. The lowest BCUT2D eigenvalue weighted by atomic mass is 9.47. The standard InChI is InChI=1S/C21H29FO/c1-4-21(23)12-9-18-16-6-5-14-13-15(22)7-10-19(14,2)17(16)8-11-20(18,21)3/h1,5,15-18,23H,6-13H2,2-3H3/t15-,16+,17-,18-,19-,20-,21-/m0/s1. The topological polar surface area (TPSA) is 20.2 Å². The molecule has 4 rings (SSSR count). The minimum Gasteiger partial charge on any atom is -0.377 e. The van der Waals surface area contributed by atoms with Gasteiger partial charge >= 0.3 is 0 Å². The molecule has 1 nitrogen and oxygen atoms in total. The van der Waals surface area contributed by atoms with Crippen LogP contribution in [0.4, 0.5) is 4.39 Å². The lowest BCUT2D eigenvalue weighted by Crippen LogP contribution is -2.54. The smallest absolute Gasteiger partial charge is 0.130 e. The molecule has 3 fully saturated rings. The fourth-order valence-corrected chi connectivity index (χ4v) is 6.87. The summed E-state index contributed by atoms with van der Waals surface area (Å²) < 4.78 is 13.9. The third kappa shape index (κ3) is 1.89. The molecule has 1 N–H and O–H groups in total. The van der Waals surface area contributed by atoms with Crippen LogP contribution in [0, 0.1) is 40.9 Å². The maximum absolute atomic E-state index is 13.9. The van der Waals surface area contributed by atoms with Crippen LogP contribution in [0.5, 0.6) is 0 Å². The number of alkyl halides is 1. The molecule has 0 aliphatic heterocycles. The van der Waals surface area contributed by atoms with Gasteiger partial charge in [0.25, 0.3) is 0 Å². The van der Waals surface area contributed by atoms with Crippen molar-refractivity contribution < 1.29 is 9.50 Å². The van der Waals surface area contributed by atoms with Gasteiger partial charge in [0.05, 0.1) is 0 Å². The van der Waals surface area contributed by atoms with Gasteiger partial charge in [-0.3, -0.25) is 0 Å². The number of hydrogen-bond donors (Lipinski definition) is 1. The molecule has 0 spiro atoms. The largest absolute Gasteiger partial charge is 0.377 e. The highest BCUT2D eigenvalue weighted by molar-refractivity contribution is 5.28. The Morgan fingerprint density at radius 3 is 2.65 bits per heavy atom. The first kappa shape index (κ1) is 15.7. The van der Waals surface area contributed by atoms with E-state index in [0.29, 0.717) is 30.6 Å². The number of halogens is 1. The van der Waals surface area contributed by atoms with Crippen LogP contribution in [-0.4, -0.2) is 16.9 Å². The Balaban J connectivity index is 1.69. The van der Waals surface area contributed by atoms with Crippen molar-refractivity contribution >= 4 is 0 Å². The van der Waals surface area contributed by atoms with E-state index < -0.39 is 11.8 Å². The molecule has 0 bridgehead atoms. The maximum atomic E-state index is 13.9. The second-order valence-corrected chi connectivity index (χ2v) is 9.10. The zero-order valence-electron chi connectivity index (χ0n) is 14.4. The number of rotatable bonds is 0. The molecule has 0 saturated heterocycles. The lowest BCUT2D eigenvalue weighted by Gasteiger charge is -2.58. The van der Waals surface area contributed by atoms with Gasteiger partial charge in [0.1, 0.15) is 11.8 Å². The Morgan fingerprint density at radius 2 is 1.91 bits per heavy atom. The summed E-state index contributed by atoms with van der Waals surface area (Å²) in [6, 6.07) is 0. The minimum atomic E-state index is -0.926. The van der Waals surface area contributed by atoms with E-state index in [0.717, 1.165) is 38.5 Å². The van der Waals surface area contributed by atoms with Gasteiger partial charge in [0.2, 0.25) is 0 Å². The van der Waals surface area contributed by atoms with Crippen LogP contribution in [-0.2, 0) is 0 Å². The van der Waals surface area contributed by atoms with Crippen molar-refractivity contribution in [3.8, 4) is 12.3 Å². The molecule has 3 saturated carbocycles. The quantitative estimate of drug-likeness (QED) is 0.509. The van der Waals surface area contributed by atoms with Crippen molar-refractivity contribution in [3.05, 3.63) is 11.6 Å². The Kier molecular flexibility index (Phi) is 3.31. The fraction of sp³-hybridized carbons (Fsp3) is 0.810. The molecule has 0 amide bonds. The normalized spacial score (nSPS) is 55.2. The highest BCUT2D eigenvalue weighted by atomic mass is 19.1. The predicted octanol–water partition coefficient (Wildman–Crippen LogP) is 4.65. The molecule has 0 aromatic heterocycles. The number of hydrogen-bond acceptors (Lipinski definition) is 1. The van der Waals surface area contributed by atoms with Gasteiger partial charge in [-0.2, -0.15) is 0 Å². The van der Waals surface area contributed by atoms with E-state index in [2.05, 4.69) is 25.8 Å². The van der Waals surface area contributed by atoms with Crippen LogP contribution in [0.25, 0.3) is 0 Å². The summed E-state index contributed by atoms with van der Waals surface area (Å²) in [4.78, 5) is 0. The highest BCUT2D eigenvalue weighted by Gasteiger charge is 2.63. The van der Waals surface area contributed by atoms with Gasteiger partial charge in [0.15, 0.2) is 0 Å². The van der Waals surface area contributed by atoms with Crippen LogP contribution in [0.2, 0.25) is 0 Å². The summed E-state index contributed by atoms with van der Waals surface area (Å²) in [6.45, 7) is 4.60. The molecular formula is C21H29FO. The minimum absolute atomic E-state index is 0.137. The van der Waals surface area contributed by atoms with Crippen molar-refractivity contribution in [1.82, 2.24) is 0 Å². The van der Waals surface area contributed by atoms with E-state index in [1.165, 1.54) is 5.57 Å². The molecule has 23 heavy (non-hydrogen) atoms. The number of allylic oxidation sites excluding steroid dienone is 2. The van der Waals surface area contributed by atoms with E-state index in [9.17, 15) is 9.50 Å². The third-order valence-electron chi connectivity index (χ3n) is 8.43. The first-order chi connectivity index (χ1) is 10.8. The van der Waals surface area contributed by atoms with Crippen molar-refractivity contribution in [2.45, 2.75) is 77.0 Å². The summed E-state index contributed by atoms with van der Waals surface area (Å²) in [5, 5.41) is 11.0. The van der Waals surface area contributed by atoms with Crippen LogP contribution >= 0.6 is 0 Å². The van der Waals surface area contributed by atoms with Crippen molar-refractivity contribution in [2.24, 2.45) is 28.6 Å². The summed E-state index contributed by atoms with van der Waals surface area (Å²) in [5.41, 5.74) is 0.502. The lowest BCUT2D eigenvalue weighted by molar-refractivity contribution is -0.0956. The Labute approximate surface area is 139 Å². The highest BCUT2D eigenvalue weighted by Crippen LogP contribution is 2.67. The first-order valence-corrected chi connectivity index (χ1v) is 9.38. The summed E-state index contributed by atoms with van der Waals surface area (Å²) in [5.74, 6) is 4.51. The van der Waals surface area contributed by atoms with Crippen molar-refractivity contribution in [1.29, 1.82) is 0 Å². The molecule has 4 aliphatic rings. The molecule has 126 valence electrons. The van der Waals surface area contributed by atoms with E-state index in [-0.39, 0.29) is 10.8 Å². The van der Waals surface area contributed by atoms with E-state index in [4.69, 9.17) is 6.42 Å². The van der Waals surface area contributed by atoms with Crippen molar-refractivity contribution in [3.63, 3.8) is 0 Å². The summed E-state index contributed by atoms with van der Waals surface area (Å²) in [7, 11) is 0. The summed E-state index contributed by atoms with van der Waals surface area (Å²) in [6.07, 6.45) is 14.8. The van der Waals surface area contributed by atoms with E-state index in [1.54, 1.807) is 0 Å². The van der Waals surface area contributed by atoms with Crippen LogP contribution in [0.3, 0.4) is 0 Å². The van der Waals surface area contributed by atoms with Gasteiger partial charge < -0.3 is 5.11 Å². The first-order valence-electron chi connectivity index (χ1n) is 9.38. The summed E-state index contributed by atoms with van der Waals surface area (Å²) >= 11 is 0. The monoisotopic (exact) mass is 316 g/mol. The van der Waals surface area contributed by atoms with E-state index in [1.807, 2.05) is 0 Å². The fourth-order valence-electron chi connectivity index (χ4n) is 6.87. The molecule has 4 aliphatic carbocycles. The Morgan fingerprint density at radius 1 is 1.17 bits per heavy atom. The average Bonchev–Trinajstić information content (AvgIpc) is 2.80. The molecule has 0 unspecified atom stereocenters. The van der Waals surface area contributed by atoms with Gasteiger partial charge in [-0.15, -0.1) is 6.42 Å². The van der Waals surface area contributed by atoms with Gasteiger partial charge in [-0.25, -0.2) is 4.39 Å². The third-order valence-corrected chi connectivity index (χ3v) is 8.43. The molecule has 2 heteroatoms. The zero-order valence-corrected chi connectivity index (χ0v) is 14.4. The van der Waals surface area contributed by atoms with E-state index >= 15 is 0 Å². The number of aliphatic hydroxyl groups is 1. The van der Waals surface area contributed by atoms with Gasteiger partial charge in [-0.1, -0.05) is 31.4 Å².